The standard InChI is InChI=1S/C14H11BrN4O/c15-9-4-3-5-10(8-9)20-13-11-6-1-2-7-12(11)17-14(18-13)19-16/h1-8H,16H2,(H,17,18,19). The molecular formula is C14H11BrN4O. The monoisotopic (exact) mass is 330 g/mol. The van der Waals surface area contributed by atoms with Gasteiger partial charge in [0.1, 0.15) is 5.75 Å². The number of nitrogens with zero attached hydrogens (tertiary/aromatic N) is 2. The van der Waals surface area contributed by atoms with Crippen LogP contribution in [0.1, 0.15) is 0 Å². The van der Waals surface area contributed by atoms with Gasteiger partial charge in [0.25, 0.3) is 0 Å². The van der Waals surface area contributed by atoms with E-state index in [0.29, 0.717) is 17.6 Å². The Hall–Kier alpha value is -2.18. The predicted octanol–water partition coefficient (Wildman–Crippen LogP) is 3.47. The van der Waals surface area contributed by atoms with Gasteiger partial charge in [0, 0.05) is 4.47 Å². The molecule has 0 aliphatic heterocycles. The average molecular weight is 331 g/mol. The molecule has 0 fully saturated rings. The molecule has 0 unspecified atom stereocenters. The van der Waals surface area contributed by atoms with Gasteiger partial charge in [-0.25, -0.2) is 10.8 Å². The van der Waals surface area contributed by atoms with Crippen LogP contribution in [0.5, 0.6) is 11.6 Å². The summed E-state index contributed by atoms with van der Waals surface area (Å²) in [7, 11) is 0. The topological polar surface area (TPSA) is 73.1 Å². The van der Waals surface area contributed by atoms with Crippen LogP contribution in [0.3, 0.4) is 0 Å². The molecule has 0 radical (unpaired) electrons. The molecule has 5 nitrogen and oxygen atoms in total. The summed E-state index contributed by atoms with van der Waals surface area (Å²) in [5.74, 6) is 6.85. The highest BCUT2D eigenvalue weighted by molar-refractivity contribution is 9.10. The Bertz CT molecular complexity index is 763. The molecule has 3 aromatic rings. The van der Waals surface area contributed by atoms with Gasteiger partial charge in [-0.05, 0) is 30.3 Å². The quantitative estimate of drug-likeness (QED) is 0.568. The molecule has 0 saturated heterocycles. The first-order chi connectivity index (χ1) is 9.76. The predicted molar refractivity (Wildman–Crippen MR) is 81.6 cm³/mol. The van der Waals surface area contributed by atoms with Gasteiger partial charge in [0.15, 0.2) is 0 Å². The summed E-state index contributed by atoms with van der Waals surface area (Å²) in [5, 5.41) is 0.825. The van der Waals surface area contributed by atoms with Gasteiger partial charge in [-0.3, -0.25) is 5.43 Å². The number of nitrogens with one attached hydrogen (secondary N) is 1. The minimum absolute atomic E-state index is 0.314. The summed E-state index contributed by atoms with van der Waals surface area (Å²) in [6.07, 6.45) is 0. The summed E-state index contributed by atoms with van der Waals surface area (Å²) in [5.41, 5.74) is 3.21. The van der Waals surface area contributed by atoms with Crippen LogP contribution >= 0.6 is 15.9 Å². The molecular weight excluding hydrogens is 320 g/mol. The van der Waals surface area contributed by atoms with Gasteiger partial charge in [-0.1, -0.05) is 34.1 Å². The Morgan fingerprint density at radius 3 is 2.70 bits per heavy atom. The van der Waals surface area contributed by atoms with Crippen molar-refractivity contribution in [3.63, 3.8) is 0 Å². The fraction of sp³-hybridized carbons (Fsp3) is 0. The van der Waals surface area contributed by atoms with Crippen LogP contribution < -0.4 is 16.0 Å². The molecule has 0 amide bonds. The van der Waals surface area contributed by atoms with E-state index < -0.39 is 0 Å². The second-order valence-electron chi connectivity index (χ2n) is 4.07. The van der Waals surface area contributed by atoms with Crippen LogP contribution in [0.25, 0.3) is 10.9 Å². The molecule has 0 atom stereocenters. The van der Waals surface area contributed by atoms with Crippen LogP contribution in [0.2, 0.25) is 0 Å². The Labute approximate surface area is 123 Å². The summed E-state index contributed by atoms with van der Waals surface area (Å²) < 4.78 is 6.77. The first-order valence-corrected chi connectivity index (χ1v) is 6.72. The number of benzene rings is 2. The van der Waals surface area contributed by atoms with Crippen molar-refractivity contribution in [2.45, 2.75) is 0 Å². The zero-order chi connectivity index (χ0) is 13.9. The third kappa shape index (κ3) is 2.56. The van der Waals surface area contributed by atoms with E-state index in [1.54, 1.807) is 0 Å². The van der Waals surface area contributed by atoms with Crippen molar-refractivity contribution in [3.8, 4) is 11.6 Å². The van der Waals surface area contributed by atoms with Gasteiger partial charge in [-0.15, -0.1) is 0 Å². The summed E-state index contributed by atoms with van der Waals surface area (Å²) in [4.78, 5) is 8.54. The summed E-state index contributed by atoms with van der Waals surface area (Å²) in [6, 6.07) is 15.1. The Kier molecular flexibility index (Phi) is 3.49. The molecule has 1 heterocycles. The van der Waals surface area contributed by atoms with Crippen molar-refractivity contribution < 1.29 is 4.74 Å². The second-order valence-corrected chi connectivity index (χ2v) is 4.99. The van der Waals surface area contributed by atoms with E-state index in [1.165, 1.54) is 0 Å². The third-order valence-electron chi connectivity index (χ3n) is 2.71. The maximum absolute atomic E-state index is 5.84. The molecule has 2 aromatic carbocycles. The SMILES string of the molecule is NNc1nc(Oc2cccc(Br)c2)c2ccccc2n1. The van der Waals surface area contributed by atoms with Crippen LogP contribution in [0.15, 0.2) is 53.0 Å². The highest BCUT2D eigenvalue weighted by Gasteiger charge is 2.09. The lowest BCUT2D eigenvalue weighted by molar-refractivity contribution is 0.468. The number of halogens is 1. The number of hydrogen-bond acceptors (Lipinski definition) is 5. The molecule has 0 bridgehead atoms. The summed E-state index contributed by atoms with van der Waals surface area (Å²) in [6.45, 7) is 0. The van der Waals surface area contributed by atoms with E-state index in [2.05, 4.69) is 31.3 Å². The molecule has 6 heteroatoms. The van der Waals surface area contributed by atoms with Crippen molar-refractivity contribution in [2.24, 2.45) is 5.84 Å². The number of fused-ring (bicyclic) bond motifs is 1. The number of aromatic nitrogens is 2. The van der Waals surface area contributed by atoms with E-state index in [-0.39, 0.29) is 0 Å². The van der Waals surface area contributed by atoms with E-state index in [1.807, 2.05) is 48.5 Å². The molecule has 1 aromatic heterocycles. The lowest BCUT2D eigenvalue weighted by atomic mass is 10.2. The number of nitrogens with two attached hydrogens (primary N) is 1. The first kappa shape index (κ1) is 12.8. The second kappa shape index (κ2) is 5.44. The molecule has 0 spiro atoms. The van der Waals surface area contributed by atoms with Gasteiger partial charge in [0.2, 0.25) is 11.8 Å². The van der Waals surface area contributed by atoms with Gasteiger partial charge in [0.05, 0.1) is 10.9 Å². The highest BCUT2D eigenvalue weighted by atomic mass is 79.9. The first-order valence-electron chi connectivity index (χ1n) is 5.93. The van der Waals surface area contributed by atoms with Gasteiger partial charge < -0.3 is 4.74 Å². The fourth-order valence-electron chi connectivity index (χ4n) is 1.83. The van der Waals surface area contributed by atoms with Crippen molar-refractivity contribution >= 4 is 32.8 Å². The van der Waals surface area contributed by atoms with Crippen LogP contribution in [-0.2, 0) is 0 Å². The maximum Gasteiger partial charge on any atom is 0.241 e. The summed E-state index contributed by atoms with van der Waals surface area (Å²) >= 11 is 3.41. The van der Waals surface area contributed by atoms with Crippen LogP contribution in [0.4, 0.5) is 5.95 Å². The molecule has 0 aliphatic rings. The Balaban J connectivity index is 2.10. The Morgan fingerprint density at radius 1 is 1.05 bits per heavy atom. The number of nitrogen functional groups attached to an aromatic ring is 1. The van der Waals surface area contributed by atoms with Gasteiger partial charge >= 0.3 is 0 Å². The zero-order valence-electron chi connectivity index (χ0n) is 10.4. The smallest absolute Gasteiger partial charge is 0.241 e. The number of para-hydroxylation sites is 1. The zero-order valence-corrected chi connectivity index (χ0v) is 12.0. The largest absolute Gasteiger partial charge is 0.438 e. The normalized spacial score (nSPS) is 10.5. The maximum atomic E-state index is 5.84. The van der Waals surface area contributed by atoms with Gasteiger partial charge in [-0.2, -0.15) is 4.98 Å². The molecule has 20 heavy (non-hydrogen) atoms. The van der Waals surface area contributed by atoms with E-state index in [0.717, 1.165) is 15.4 Å². The minimum Gasteiger partial charge on any atom is -0.438 e. The van der Waals surface area contributed by atoms with Crippen molar-refractivity contribution in [3.05, 3.63) is 53.0 Å². The van der Waals surface area contributed by atoms with Crippen molar-refractivity contribution in [2.75, 3.05) is 5.43 Å². The molecule has 0 aliphatic carbocycles. The lowest BCUT2D eigenvalue weighted by Gasteiger charge is -2.09. The fourth-order valence-corrected chi connectivity index (χ4v) is 2.21. The molecule has 100 valence electrons. The molecule has 0 saturated carbocycles. The minimum atomic E-state index is 0.314. The number of hydrogen-bond donors (Lipinski definition) is 2. The number of hydrazine groups is 1. The number of anilines is 1. The Morgan fingerprint density at radius 2 is 1.90 bits per heavy atom. The van der Waals surface area contributed by atoms with E-state index in [9.17, 15) is 0 Å². The third-order valence-corrected chi connectivity index (χ3v) is 3.20. The molecule has 3 N–H and O–H groups in total. The van der Waals surface area contributed by atoms with Crippen molar-refractivity contribution in [1.82, 2.24) is 9.97 Å². The van der Waals surface area contributed by atoms with E-state index in [4.69, 9.17) is 10.6 Å². The van der Waals surface area contributed by atoms with Crippen LogP contribution in [-0.4, -0.2) is 9.97 Å². The average Bonchev–Trinajstić information content (AvgIpc) is 2.47. The number of ether oxygens (including phenoxy) is 1. The van der Waals surface area contributed by atoms with Crippen LogP contribution in [0, 0.1) is 0 Å². The number of rotatable bonds is 3. The van der Waals surface area contributed by atoms with E-state index >= 15 is 0 Å². The highest BCUT2D eigenvalue weighted by Crippen LogP contribution is 2.29. The lowest BCUT2D eigenvalue weighted by Crippen LogP contribution is -2.11. The molecule has 3 rings (SSSR count). The van der Waals surface area contributed by atoms with Crippen molar-refractivity contribution in [1.29, 1.82) is 0 Å².